The molecule has 2 aromatic rings. The number of ether oxygens (including phenoxy) is 1. The number of benzene rings is 2. The van der Waals surface area contributed by atoms with Gasteiger partial charge in [-0.15, -0.1) is 0 Å². The molecule has 1 heterocycles. The first kappa shape index (κ1) is 15.7. The topological polar surface area (TPSA) is 96.9 Å². The van der Waals surface area contributed by atoms with Crippen molar-refractivity contribution in [1.82, 2.24) is 5.43 Å². The third kappa shape index (κ3) is 3.57. The van der Waals surface area contributed by atoms with Gasteiger partial charge >= 0.3 is 5.97 Å². The number of anilines is 1. The molecule has 7 heteroatoms. The number of carbonyl (C=O) groups excluding carboxylic acids is 3. The summed E-state index contributed by atoms with van der Waals surface area (Å²) in [7, 11) is 0. The molecular formula is C17H15N3O4. The highest BCUT2D eigenvalue weighted by Crippen LogP contribution is 2.22. The number of rotatable bonds is 4. The van der Waals surface area contributed by atoms with Crippen LogP contribution in [0.4, 0.5) is 5.69 Å². The van der Waals surface area contributed by atoms with E-state index in [0.717, 1.165) is 10.8 Å². The molecule has 0 saturated heterocycles. The van der Waals surface area contributed by atoms with Crippen molar-refractivity contribution in [2.75, 3.05) is 11.9 Å². The van der Waals surface area contributed by atoms with Crippen LogP contribution in [-0.4, -0.2) is 30.1 Å². The standard InChI is InChI=1S/C17H15N3O4/c21-15-9-8-14(19-20-15)17(23)24-10-16(22)18-13-7-3-5-11-4-1-2-6-12(11)13/h1-7H,8-10H2,(H,18,22)(H,20,21). The fourth-order valence-electron chi connectivity index (χ4n) is 2.36. The molecule has 2 amide bonds. The Balaban J connectivity index is 1.59. The molecule has 0 unspecified atom stereocenters. The molecule has 0 aromatic heterocycles. The van der Waals surface area contributed by atoms with E-state index in [1.54, 1.807) is 6.07 Å². The highest BCUT2D eigenvalue weighted by atomic mass is 16.5. The Labute approximate surface area is 137 Å². The van der Waals surface area contributed by atoms with Gasteiger partial charge in [0.1, 0.15) is 5.71 Å². The second kappa shape index (κ2) is 6.91. The van der Waals surface area contributed by atoms with Gasteiger partial charge in [0.15, 0.2) is 6.61 Å². The van der Waals surface area contributed by atoms with Crippen LogP contribution in [0.3, 0.4) is 0 Å². The number of hydrogen-bond acceptors (Lipinski definition) is 5. The lowest BCUT2D eigenvalue weighted by atomic mass is 10.1. The second-order valence-electron chi connectivity index (χ2n) is 5.24. The van der Waals surface area contributed by atoms with Crippen molar-refractivity contribution in [3.63, 3.8) is 0 Å². The molecule has 0 atom stereocenters. The van der Waals surface area contributed by atoms with Crippen LogP contribution in [0.25, 0.3) is 10.8 Å². The third-order valence-electron chi connectivity index (χ3n) is 3.54. The molecule has 122 valence electrons. The van der Waals surface area contributed by atoms with Crippen LogP contribution < -0.4 is 10.7 Å². The molecule has 2 N–H and O–H groups in total. The van der Waals surface area contributed by atoms with Gasteiger partial charge in [-0.3, -0.25) is 9.59 Å². The van der Waals surface area contributed by atoms with E-state index in [-0.39, 0.29) is 24.5 Å². The molecule has 0 bridgehead atoms. The summed E-state index contributed by atoms with van der Waals surface area (Å²) in [6, 6.07) is 13.2. The summed E-state index contributed by atoms with van der Waals surface area (Å²) < 4.78 is 4.93. The number of nitrogens with zero attached hydrogens (tertiary/aromatic N) is 1. The third-order valence-corrected chi connectivity index (χ3v) is 3.54. The molecule has 7 nitrogen and oxygen atoms in total. The molecule has 1 aliphatic rings. The molecule has 2 aromatic carbocycles. The molecule has 0 spiro atoms. The predicted molar refractivity (Wildman–Crippen MR) is 88.3 cm³/mol. The summed E-state index contributed by atoms with van der Waals surface area (Å²) in [5.74, 6) is -1.40. The minimum absolute atomic E-state index is 0.104. The van der Waals surface area contributed by atoms with Crippen LogP contribution in [0, 0.1) is 0 Å². The molecule has 3 rings (SSSR count). The maximum absolute atomic E-state index is 12.0. The zero-order chi connectivity index (χ0) is 16.9. The van der Waals surface area contributed by atoms with E-state index in [9.17, 15) is 14.4 Å². The average molecular weight is 325 g/mol. The van der Waals surface area contributed by atoms with Crippen molar-refractivity contribution in [1.29, 1.82) is 0 Å². The lowest BCUT2D eigenvalue weighted by Crippen LogP contribution is -2.32. The lowest BCUT2D eigenvalue weighted by molar-refractivity contribution is -0.140. The van der Waals surface area contributed by atoms with Gasteiger partial charge in [-0.25, -0.2) is 10.2 Å². The number of fused-ring (bicyclic) bond motifs is 1. The Morgan fingerprint density at radius 3 is 2.71 bits per heavy atom. The Hall–Kier alpha value is -3.22. The zero-order valence-corrected chi connectivity index (χ0v) is 12.7. The molecule has 0 aliphatic carbocycles. The summed E-state index contributed by atoms with van der Waals surface area (Å²) in [6.45, 7) is -0.422. The first-order chi connectivity index (χ1) is 11.6. The molecule has 0 fully saturated rings. The van der Waals surface area contributed by atoms with E-state index in [1.165, 1.54) is 0 Å². The van der Waals surface area contributed by atoms with Crippen LogP contribution >= 0.6 is 0 Å². The van der Waals surface area contributed by atoms with E-state index in [0.29, 0.717) is 5.69 Å². The van der Waals surface area contributed by atoms with E-state index in [1.807, 2.05) is 36.4 Å². The first-order valence-electron chi connectivity index (χ1n) is 7.43. The fraction of sp³-hybridized carbons (Fsp3) is 0.176. The van der Waals surface area contributed by atoms with Gasteiger partial charge in [0.25, 0.3) is 5.91 Å². The average Bonchev–Trinajstić information content (AvgIpc) is 2.61. The molecule has 1 aliphatic heterocycles. The number of carbonyl (C=O) groups is 3. The highest BCUT2D eigenvalue weighted by molar-refractivity contribution is 6.37. The molecule has 24 heavy (non-hydrogen) atoms. The Morgan fingerprint density at radius 1 is 1.12 bits per heavy atom. The Morgan fingerprint density at radius 2 is 1.92 bits per heavy atom. The maximum atomic E-state index is 12.0. The highest BCUT2D eigenvalue weighted by Gasteiger charge is 2.20. The predicted octanol–water partition coefficient (Wildman–Crippen LogP) is 1.59. The van der Waals surface area contributed by atoms with Gasteiger partial charge in [0.05, 0.1) is 0 Å². The van der Waals surface area contributed by atoms with E-state index in [2.05, 4.69) is 15.8 Å². The van der Waals surface area contributed by atoms with Crippen molar-refractivity contribution in [3.05, 3.63) is 42.5 Å². The van der Waals surface area contributed by atoms with Crippen LogP contribution in [0.15, 0.2) is 47.6 Å². The smallest absolute Gasteiger partial charge is 0.355 e. The van der Waals surface area contributed by atoms with Crippen molar-refractivity contribution < 1.29 is 19.1 Å². The van der Waals surface area contributed by atoms with E-state index >= 15 is 0 Å². The molecule has 0 saturated carbocycles. The summed E-state index contributed by atoms with van der Waals surface area (Å²) in [5, 5.41) is 8.25. The van der Waals surface area contributed by atoms with Gasteiger partial charge < -0.3 is 10.1 Å². The minimum Gasteiger partial charge on any atom is -0.451 e. The van der Waals surface area contributed by atoms with Gasteiger partial charge in [0.2, 0.25) is 5.91 Å². The molecular weight excluding hydrogens is 310 g/mol. The number of hydrazone groups is 1. The second-order valence-corrected chi connectivity index (χ2v) is 5.24. The maximum Gasteiger partial charge on any atom is 0.355 e. The summed E-state index contributed by atoms with van der Waals surface area (Å²) in [5.41, 5.74) is 2.96. The van der Waals surface area contributed by atoms with E-state index in [4.69, 9.17) is 4.74 Å². The quantitative estimate of drug-likeness (QED) is 0.834. The number of amides is 2. The molecule has 0 radical (unpaired) electrons. The SMILES string of the molecule is O=C1CCC(C(=O)OCC(=O)Nc2cccc3ccccc23)=NN1. The number of nitrogens with one attached hydrogen (secondary N) is 2. The van der Waals surface area contributed by atoms with E-state index < -0.39 is 18.5 Å². The summed E-state index contributed by atoms with van der Waals surface area (Å²) in [4.78, 5) is 34.8. The Bertz CT molecular complexity index is 839. The van der Waals surface area contributed by atoms with Crippen LogP contribution in [0.5, 0.6) is 0 Å². The first-order valence-corrected chi connectivity index (χ1v) is 7.43. The normalized spacial score (nSPS) is 13.8. The van der Waals surface area contributed by atoms with Gasteiger partial charge in [-0.2, -0.15) is 5.10 Å². The summed E-state index contributed by atoms with van der Waals surface area (Å²) in [6.07, 6.45) is 0.381. The fourth-order valence-corrected chi connectivity index (χ4v) is 2.36. The Kier molecular flexibility index (Phi) is 4.51. The number of hydrogen-bond donors (Lipinski definition) is 2. The van der Waals surface area contributed by atoms with Crippen LogP contribution in [-0.2, 0) is 19.1 Å². The number of esters is 1. The summed E-state index contributed by atoms with van der Waals surface area (Å²) >= 11 is 0. The van der Waals surface area contributed by atoms with Crippen molar-refractivity contribution in [2.45, 2.75) is 12.8 Å². The van der Waals surface area contributed by atoms with Crippen molar-refractivity contribution >= 4 is 40.0 Å². The van der Waals surface area contributed by atoms with Gasteiger partial charge in [0, 0.05) is 23.9 Å². The van der Waals surface area contributed by atoms with Gasteiger partial charge in [-0.1, -0.05) is 36.4 Å². The van der Waals surface area contributed by atoms with Crippen LogP contribution in [0.2, 0.25) is 0 Å². The van der Waals surface area contributed by atoms with Crippen molar-refractivity contribution in [2.24, 2.45) is 5.10 Å². The van der Waals surface area contributed by atoms with Crippen molar-refractivity contribution in [3.8, 4) is 0 Å². The van der Waals surface area contributed by atoms with Gasteiger partial charge in [-0.05, 0) is 11.5 Å². The lowest BCUT2D eigenvalue weighted by Gasteiger charge is -2.12. The monoisotopic (exact) mass is 325 g/mol. The van der Waals surface area contributed by atoms with Crippen LogP contribution in [0.1, 0.15) is 12.8 Å². The zero-order valence-electron chi connectivity index (χ0n) is 12.7. The minimum atomic E-state index is -0.705. The largest absolute Gasteiger partial charge is 0.451 e.